The van der Waals surface area contributed by atoms with Crippen molar-refractivity contribution in [1.82, 2.24) is 0 Å². The fourth-order valence-corrected chi connectivity index (χ4v) is 2.54. The molecule has 7 heteroatoms. The summed E-state index contributed by atoms with van der Waals surface area (Å²) in [5, 5.41) is 46.7. The summed E-state index contributed by atoms with van der Waals surface area (Å²) in [7, 11) is 1.71. The lowest BCUT2D eigenvalue weighted by molar-refractivity contribution is -0.946. The summed E-state index contributed by atoms with van der Waals surface area (Å²) in [6, 6.07) is -1.13. The van der Waals surface area contributed by atoms with E-state index in [0.717, 1.165) is 0 Å². The molecule has 1 fully saturated rings. The summed E-state index contributed by atoms with van der Waals surface area (Å²) >= 11 is 0. The van der Waals surface area contributed by atoms with Crippen LogP contribution in [0.25, 0.3) is 0 Å². The highest BCUT2D eigenvalue weighted by molar-refractivity contribution is 4.91. The quantitative estimate of drug-likeness (QED) is 0.333. The van der Waals surface area contributed by atoms with Crippen LogP contribution in [0.1, 0.15) is 0 Å². The molecule has 1 aliphatic heterocycles. The van der Waals surface area contributed by atoms with E-state index in [9.17, 15) is 20.4 Å². The van der Waals surface area contributed by atoms with Crippen LogP contribution in [-0.4, -0.2) is 87.7 Å². The molecule has 0 aromatic carbocycles. The average molecular weight is 302 g/mol. The van der Waals surface area contributed by atoms with Gasteiger partial charge in [0.25, 0.3) is 0 Å². The van der Waals surface area contributed by atoms with E-state index in [1.54, 1.807) is 7.05 Å². The molecule has 0 bridgehead atoms. The van der Waals surface area contributed by atoms with Gasteiger partial charge in [0.2, 0.25) is 0 Å². The second-order valence-corrected chi connectivity index (χ2v) is 4.28. The van der Waals surface area contributed by atoms with Crippen molar-refractivity contribution in [3.8, 4) is 0 Å². The first-order chi connectivity index (χ1) is 7.02. The second-order valence-electron chi connectivity index (χ2n) is 4.28. The van der Waals surface area contributed by atoms with Crippen molar-refractivity contribution in [2.24, 2.45) is 0 Å². The van der Waals surface area contributed by atoms with Crippen LogP contribution < -0.4 is 17.0 Å². The van der Waals surface area contributed by atoms with E-state index in [1.807, 2.05) is 0 Å². The third kappa shape index (κ3) is 2.40. The first-order valence-electron chi connectivity index (χ1n) is 5.06. The number of halogens is 1. The van der Waals surface area contributed by atoms with Crippen LogP contribution in [0, 0.1) is 0 Å². The molecule has 0 spiro atoms. The molecule has 0 radical (unpaired) electrons. The lowest BCUT2D eigenvalue weighted by atomic mass is 10.1. The van der Waals surface area contributed by atoms with Crippen LogP contribution in [0.3, 0.4) is 0 Å². The van der Waals surface area contributed by atoms with Crippen LogP contribution in [0.5, 0.6) is 0 Å². The summed E-state index contributed by atoms with van der Waals surface area (Å²) in [6.07, 6.45) is -2.13. The molecular weight excluding hydrogens is 282 g/mol. The molecule has 0 aliphatic carbocycles. The number of aliphatic hydroxyl groups is 5. The average Bonchev–Trinajstić information content (AvgIpc) is 2.36. The molecule has 16 heavy (non-hydrogen) atoms. The Kier molecular flexibility index (Phi) is 6.34. The zero-order chi connectivity index (χ0) is 11.6. The minimum Gasteiger partial charge on any atom is -1.00 e. The lowest BCUT2D eigenvalue weighted by Crippen LogP contribution is -3.00. The van der Waals surface area contributed by atoms with Gasteiger partial charge in [-0.1, -0.05) is 0 Å². The zero-order valence-corrected chi connectivity index (χ0v) is 10.8. The zero-order valence-electron chi connectivity index (χ0n) is 9.20. The summed E-state index contributed by atoms with van der Waals surface area (Å²) < 4.78 is 0.0891. The highest BCUT2D eigenvalue weighted by Gasteiger charge is 2.57. The smallest absolute Gasteiger partial charge is 0.142 e. The van der Waals surface area contributed by atoms with Crippen molar-refractivity contribution in [2.75, 3.05) is 33.4 Å². The van der Waals surface area contributed by atoms with Gasteiger partial charge in [0.15, 0.2) is 0 Å². The van der Waals surface area contributed by atoms with E-state index in [-0.39, 0.29) is 47.8 Å². The highest BCUT2D eigenvalue weighted by Crippen LogP contribution is 2.31. The normalized spacial score (nSPS) is 37.1. The summed E-state index contributed by atoms with van der Waals surface area (Å²) in [5.74, 6) is 0. The van der Waals surface area contributed by atoms with Gasteiger partial charge in [-0.25, -0.2) is 0 Å². The predicted molar refractivity (Wildman–Crippen MR) is 51.9 cm³/mol. The molecule has 0 amide bonds. The molecule has 5 N–H and O–H groups in total. The maximum Gasteiger partial charge on any atom is 0.142 e. The van der Waals surface area contributed by atoms with Gasteiger partial charge in [0, 0.05) is 0 Å². The molecule has 4 atom stereocenters. The molecule has 0 saturated carbocycles. The van der Waals surface area contributed by atoms with E-state index in [0.29, 0.717) is 0 Å². The van der Waals surface area contributed by atoms with Gasteiger partial charge in [-0.3, -0.25) is 0 Å². The minimum atomic E-state index is -1.07. The van der Waals surface area contributed by atoms with E-state index in [4.69, 9.17) is 5.11 Å². The Hall–Kier alpha value is 0.240. The highest BCUT2D eigenvalue weighted by atomic mass is 79.9. The number of hydrogen-bond acceptors (Lipinski definition) is 5. The van der Waals surface area contributed by atoms with E-state index in [1.165, 1.54) is 0 Å². The number of quaternary nitrogens is 1. The summed E-state index contributed by atoms with van der Waals surface area (Å²) in [6.45, 7) is -0.413. The van der Waals surface area contributed by atoms with Crippen molar-refractivity contribution in [3.05, 3.63) is 0 Å². The van der Waals surface area contributed by atoms with Crippen LogP contribution in [0.15, 0.2) is 0 Å². The van der Waals surface area contributed by atoms with Gasteiger partial charge in [-0.15, -0.1) is 0 Å². The number of aliphatic hydroxyl groups excluding tert-OH is 5. The number of hydrogen-bond donors (Lipinski definition) is 5. The van der Waals surface area contributed by atoms with Crippen molar-refractivity contribution in [1.29, 1.82) is 0 Å². The molecule has 0 aromatic heterocycles. The molecule has 1 rings (SSSR count). The van der Waals surface area contributed by atoms with E-state index >= 15 is 0 Å². The van der Waals surface area contributed by atoms with Crippen molar-refractivity contribution >= 4 is 0 Å². The Morgan fingerprint density at radius 2 is 1.31 bits per heavy atom. The van der Waals surface area contributed by atoms with Crippen LogP contribution in [0.4, 0.5) is 0 Å². The molecule has 1 aliphatic rings. The Bertz CT molecular complexity index is 202. The van der Waals surface area contributed by atoms with Gasteiger partial charge in [-0.05, 0) is 0 Å². The molecule has 1 saturated heterocycles. The van der Waals surface area contributed by atoms with Crippen LogP contribution in [0.2, 0.25) is 0 Å². The number of rotatable bonds is 4. The second kappa shape index (κ2) is 6.25. The monoisotopic (exact) mass is 301 g/mol. The van der Waals surface area contributed by atoms with Gasteiger partial charge >= 0.3 is 0 Å². The lowest BCUT2D eigenvalue weighted by Gasteiger charge is -2.39. The van der Waals surface area contributed by atoms with Gasteiger partial charge in [-0.2, -0.15) is 0 Å². The van der Waals surface area contributed by atoms with Crippen molar-refractivity contribution < 1.29 is 47.0 Å². The number of likely N-dealkylation sites (N-methyl/N-ethyl adjacent to an activating group) is 1. The van der Waals surface area contributed by atoms with Crippen molar-refractivity contribution in [3.63, 3.8) is 0 Å². The Morgan fingerprint density at radius 3 is 1.56 bits per heavy atom. The first kappa shape index (κ1) is 16.2. The molecule has 98 valence electrons. The predicted octanol–water partition coefficient (Wildman–Crippen LogP) is -6.11. The largest absolute Gasteiger partial charge is 1.00 e. The Morgan fingerprint density at radius 1 is 0.938 bits per heavy atom. The maximum atomic E-state index is 9.70. The molecule has 6 nitrogen and oxygen atoms in total. The topological polar surface area (TPSA) is 101 Å². The summed E-state index contributed by atoms with van der Waals surface area (Å²) in [5.41, 5.74) is 0. The van der Waals surface area contributed by atoms with Gasteiger partial charge in [0.05, 0.1) is 26.9 Å². The SMILES string of the molecule is C[N+]1(CCO)[C@@H](CO)[C@H](O)[C@@H](O)[C@@H]1CO.[Br-]. The molecule has 0 unspecified atom stereocenters. The van der Waals surface area contributed by atoms with Gasteiger partial charge in [0.1, 0.15) is 30.8 Å². The van der Waals surface area contributed by atoms with Crippen LogP contribution >= 0.6 is 0 Å². The number of nitrogens with zero attached hydrogens (tertiary/aromatic N) is 1. The minimum absolute atomic E-state index is 0. The fourth-order valence-electron chi connectivity index (χ4n) is 2.54. The van der Waals surface area contributed by atoms with E-state index < -0.39 is 24.3 Å². The molecule has 1 heterocycles. The van der Waals surface area contributed by atoms with Crippen LogP contribution in [-0.2, 0) is 0 Å². The first-order valence-corrected chi connectivity index (χ1v) is 5.06. The third-order valence-electron chi connectivity index (χ3n) is 3.61. The standard InChI is InChI=1S/C9H20NO5.BrH/c1-10(2-3-11)6(4-12)8(14)9(15)7(10)5-13;/h6-9,11-15H,2-5H2,1H3;1H/q+1;/p-1/t6-,7-,8-,9-;/m0./s1. The Labute approximate surface area is 105 Å². The number of likely N-dealkylation sites (tertiary alicyclic amines) is 1. The Balaban J connectivity index is 0.00000225. The maximum absolute atomic E-state index is 9.70. The van der Waals surface area contributed by atoms with Gasteiger partial charge < -0.3 is 47.0 Å². The third-order valence-corrected chi connectivity index (χ3v) is 3.61. The van der Waals surface area contributed by atoms with Crippen molar-refractivity contribution in [2.45, 2.75) is 24.3 Å². The molecular formula is C9H20BrNO5. The molecule has 0 aromatic rings. The summed E-state index contributed by atoms with van der Waals surface area (Å²) in [4.78, 5) is 0. The van der Waals surface area contributed by atoms with E-state index in [2.05, 4.69) is 0 Å². The fraction of sp³-hybridized carbons (Fsp3) is 1.00.